The number of piperidine rings is 1. The van der Waals surface area contributed by atoms with Crippen molar-refractivity contribution in [2.75, 3.05) is 32.7 Å². The Bertz CT molecular complexity index is 356. The Hall–Kier alpha value is -1.30. The van der Waals surface area contributed by atoms with Gasteiger partial charge in [0, 0.05) is 32.1 Å². The lowest BCUT2D eigenvalue weighted by molar-refractivity contribution is -0.137. The Morgan fingerprint density at radius 3 is 2.52 bits per heavy atom. The highest BCUT2D eigenvalue weighted by Gasteiger charge is 2.26. The Labute approximate surface area is 126 Å². The summed E-state index contributed by atoms with van der Waals surface area (Å²) < 4.78 is 0. The third-order valence-electron chi connectivity index (χ3n) is 4.48. The standard InChI is InChI=1S/C15H27N3O3/c19-14(20)7-6-13-5-1-2-11-18(13)15(21)16-8-12-17-9-3-4-10-17/h13H,1-12H2,(H,16,21)(H,19,20). The molecule has 0 spiro atoms. The maximum absolute atomic E-state index is 12.3. The van der Waals surface area contributed by atoms with E-state index in [0.717, 1.165) is 45.4 Å². The number of carbonyl (C=O) groups excluding carboxylic acids is 1. The number of rotatable bonds is 6. The van der Waals surface area contributed by atoms with Crippen LogP contribution in [0.4, 0.5) is 4.79 Å². The van der Waals surface area contributed by atoms with Crippen molar-refractivity contribution in [1.29, 1.82) is 0 Å². The molecule has 0 aromatic rings. The Kier molecular flexibility index (Phi) is 6.29. The van der Waals surface area contributed by atoms with E-state index in [1.165, 1.54) is 12.8 Å². The molecule has 0 radical (unpaired) electrons. The number of amides is 2. The third-order valence-corrected chi connectivity index (χ3v) is 4.48. The van der Waals surface area contributed by atoms with Crippen LogP contribution in [0.15, 0.2) is 0 Å². The molecule has 0 saturated carbocycles. The van der Waals surface area contributed by atoms with Gasteiger partial charge in [0.15, 0.2) is 0 Å². The van der Waals surface area contributed by atoms with Crippen LogP contribution >= 0.6 is 0 Å². The van der Waals surface area contributed by atoms with Gasteiger partial charge in [0.1, 0.15) is 0 Å². The minimum atomic E-state index is -0.782. The quantitative estimate of drug-likeness (QED) is 0.779. The molecule has 6 nitrogen and oxygen atoms in total. The molecule has 2 heterocycles. The molecule has 0 bridgehead atoms. The molecule has 2 aliphatic rings. The predicted molar refractivity (Wildman–Crippen MR) is 80.3 cm³/mol. The first-order chi connectivity index (χ1) is 10.2. The fraction of sp³-hybridized carbons (Fsp3) is 0.867. The molecule has 1 atom stereocenters. The van der Waals surface area contributed by atoms with E-state index in [1.807, 2.05) is 4.90 Å². The van der Waals surface area contributed by atoms with Crippen LogP contribution in [0.2, 0.25) is 0 Å². The van der Waals surface area contributed by atoms with Crippen molar-refractivity contribution in [3.63, 3.8) is 0 Å². The van der Waals surface area contributed by atoms with Crippen LogP contribution in [0.3, 0.4) is 0 Å². The van der Waals surface area contributed by atoms with Crippen LogP contribution in [-0.4, -0.2) is 65.7 Å². The highest BCUT2D eigenvalue weighted by atomic mass is 16.4. The van der Waals surface area contributed by atoms with Gasteiger partial charge in [0.05, 0.1) is 0 Å². The molecule has 0 aromatic carbocycles. The largest absolute Gasteiger partial charge is 0.481 e. The van der Waals surface area contributed by atoms with Gasteiger partial charge in [-0.1, -0.05) is 0 Å². The van der Waals surface area contributed by atoms with Gasteiger partial charge in [-0.05, 0) is 51.6 Å². The number of carboxylic acid groups (broad SMARTS) is 1. The summed E-state index contributed by atoms with van der Waals surface area (Å²) in [5.74, 6) is -0.782. The van der Waals surface area contributed by atoms with Crippen LogP contribution in [0, 0.1) is 0 Å². The maximum atomic E-state index is 12.3. The third kappa shape index (κ3) is 5.19. The number of urea groups is 1. The van der Waals surface area contributed by atoms with Gasteiger partial charge in [0.2, 0.25) is 0 Å². The van der Waals surface area contributed by atoms with E-state index in [-0.39, 0.29) is 18.5 Å². The molecule has 1 unspecified atom stereocenters. The molecule has 21 heavy (non-hydrogen) atoms. The Morgan fingerprint density at radius 2 is 1.81 bits per heavy atom. The monoisotopic (exact) mass is 297 g/mol. The summed E-state index contributed by atoms with van der Waals surface area (Å²) in [7, 11) is 0. The average molecular weight is 297 g/mol. The van der Waals surface area contributed by atoms with Crippen molar-refractivity contribution < 1.29 is 14.7 Å². The Morgan fingerprint density at radius 1 is 1.10 bits per heavy atom. The lowest BCUT2D eigenvalue weighted by Gasteiger charge is -2.35. The molecule has 2 rings (SSSR count). The summed E-state index contributed by atoms with van der Waals surface area (Å²) in [6.07, 6.45) is 6.25. The van der Waals surface area contributed by atoms with Crippen LogP contribution in [0.1, 0.15) is 44.9 Å². The van der Waals surface area contributed by atoms with Crippen molar-refractivity contribution in [2.45, 2.75) is 51.0 Å². The lowest BCUT2D eigenvalue weighted by atomic mass is 9.98. The summed E-state index contributed by atoms with van der Waals surface area (Å²) in [5, 5.41) is 11.8. The number of nitrogens with zero attached hydrogens (tertiary/aromatic N) is 2. The molecule has 2 fully saturated rings. The molecule has 0 aliphatic carbocycles. The molecule has 2 aliphatic heterocycles. The molecular weight excluding hydrogens is 270 g/mol. The second-order valence-electron chi connectivity index (χ2n) is 6.06. The van der Waals surface area contributed by atoms with E-state index < -0.39 is 5.97 Å². The molecule has 0 aromatic heterocycles. The maximum Gasteiger partial charge on any atom is 0.317 e. The van der Waals surface area contributed by atoms with Crippen LogP contribution in [0.25, 0.3) is 0 Å². The number of hydrogen-bond donors (Lipinski definition) is 2. The van der Waals surface area contributed by atoms with E-state index in [2.05, 4.69) is 10.2 Å². The first-order valence-corrected chi connectivity index (χ1v) is 8.15. The van der Waals surface area contributed by atoms with Gasteiger partial charge in [-0.3, -0.25) is 4.79 Å². The summed E-state index contributed by atoms with van der Waals surface area (Å²) >= 11 is 0. The van der Waals surface area contributed by atoms with Gasteiger partial charge >= 0.3 is 12.0 Å². The van der Waals surface area contributed by atoms with Crippen LogP contribution in [-0.2, 0) is 4.79 Å². The second-order valence-corrected chi connectivity index (χ2v) is 6.06. The molecule has 120 valence electrons. The molecular formula is C15H27N3O3. The predicted octanol–water partition coefficient (Wildman–Crippen LogP) is 1.51. The van der Waals surface area contributed by atoms with Gasteiger partial charge in [0.25, 0.3) is 0 Å². The summed E-state index contributed by atoms with van der Waals surface area (Å²) in [5.41, 5.74) is 0. The highest BCUT2D eigenvalue weighted by Crippen LogP contribution is 2.20. The van der Waals surface area contributed by atoms with Crippen molar-refractivity contribution in [2.24, 2.45) is 0 Å². The minimum absolute atomic E-state index is 0.0238. The fourth-order valence-electron chi connectivity index (χ4n) is 3.29. The van der Waals surface area contributed by atoms with E-state index in [9.17, 15) is 9.59 Å². The zero-order valence-corrected chi connectivity index (χ0v) is 12.7. The summed E-state index contributed by atoms with van der Waals surface area (Å²) in [6.45, 7) is 4.63. The molecule has 2 amide bonds. The normalized spacial score (nSPS) is 23.2. The van der Waals surface area contributed by atoms with E-state index in [4.69, 9.17) is 5.11 Å². The van der Waals surface area contributed by atoms with E-state index in [1.54, 1.807) is 0 Å². The van der Waals surface area contributed by atoms with Crippen molar-refractivity contribution in [1.82, 2.24) is 15.1 Å². The van der Waals surface area contributed by atoms with Crippen molar-refractivity contribution in [3.8, 4) is 0 Å². The van der Waals surface area contributed by atoms with E-state index >= 15 is 0 Å². The van der Waals surface area contributed by atoms with Crippen molar-refractivity contribution >= 4 is 12.0 Å². The first kappa shape index (κ1) is 16.1. The topological polar surface area (TPSA) is 72.9 Å². The smallest absolute Gasteiger partial charge is 0.317 e. The molecule has 6 heteroatoms. The molecule has 2 N–H and O–H groups in total. The number of nitrogens with one attached hydrogen (secondary N) is 1. The fourth-order valence-corrected chi connectivity index (χ4v) is 3.29. The Balaban J connectivity index is 1.73. The number of carbonyl (C=O) groups is 2. The zero-order valence-electron chi connectivity index (χ0n) is 12.7. The second kappa shape index (κ2) is 8.22. The zero-order chi connectivity index (χ0) is 15.1. The number of carboxylic acids is 1. The number of likely N-dealkylation sites (tertiary alicyclic amines) is 2. The number of hydrogen-bond acceptors (Lipinski definition) is 3. The van der Waals surface area contributed by atoms with Gasteiger partial charge in [-0.2, -0.15) is 0 Å². The van der Waals surface area contributed by atoms with Crippen LogP contribution < -0.4 is 5.32 Å². The van der Waals surface area contributed by atoms with Gasteiger partial charge in [-0.15, -0.1) is 0 Å². The minimum Gasteiger partial charge on any atom is -0.481 e. The molecule has 2 saturated heterocycles. The first-order valence-electron chi connectivity index (χ1n) is 8.15. The lowest BCUT2D eigenvalue weighted by Crippen LogP contribution is -2.50. The summed E-state index contributed by atoms with van der Waals surface area (Å²) in [4.78, 5) is 27.2. The van der Waals surface area contributed by atoms with Gasteiger partial charge in [-0.25, -0.2) is 4.79 Å². The van der Waals surface area contributed by atoms with Crippen molar-refractivity contribution in [3.05, 3.63) is 0 Å². The summed E-state index contributed by atoms with van der Waals surface area (Å²) in [6, 6.07) is 0.0610. The average Bonchev–Trinajstić information content (AvgIpc) is 2.98. The van der Waals surface area contributed by atoms with E-state index in [0.29, 0.717) is 13.0 Å². The van der Waals surface area contributed by atoms with Crippen LogP contribution in [0.5, 0.6) is 0 Å². The SMILES string of the molecule is O=C(O)CCC1CCCCN1C(=O)NCCN1CCCC1. The highest BCUT2D eigenvalue weighted by molar-refractivity contribution is 5.74. The van der Waals surface area contributed by atoms with Gasteiger partial charge < -0.3 is 20.2 Å². The number of aliphatic carboxylic acids is 1.